The second-order valence-electron chi connectivity index (χ2n) is 9.97. The Morgan fingerprint density at radius 1 is 0.964 bits per heavy atom. The van der Waals surface area contributed by atoms with Gasteiger partial charge in [-0.3, -0.25) is 14.5 Å². The zero-order chi connectivity index (χ0) is 19.6. The van der Waals surface area contributed by atoms with Crippen LogP contribution < -0.4 is 5.32 Å². The van der Waals surface area contributed by atoms with Crippen molar-refractivity contribution in [3.05, 3.63) is 0 Å². The molecule has 2 atom stereocenters. The van der Waals surface area contributed by atoms with Crippen molar-refractivity contribution < 1.29 is 9.59 Å². The van der Waals surface area contributed by atoms with Gasteiger partial charge in [0.25, 0.3) is 0 Å². The number of nitrogens with zero attached hydrogens (tertiary/aromatic N) is 2. The largest absolute Gasteiger partial charge is 0.354 e. The van der Waals surface area contributed by atoms with Crippen molar-refractivity contribution in [2.75, 3.05) is 32.7 Å². The summed E-state index contributed by atoms with van der Waals surface area (Å²) in [5.41, 5.74) is 0.253. The number of hydrogen-bond donors (Lipinski definition) is 1. The van der Waals surface area contributed by atoms with E-state index in [1.165, 1.54) is 51.4 Å². The van der Waals surface area contributed by atoms with Crippen LogP contribution >= 0.6 is 0 Å². The predicted molar refractivity (Wildman–Crippen MR) is 111 cm³/mol. The molecule has 0 bridgehead atoms. The molecule has 2 aliphatic heterocycles. The average molecular weight is 390 g/mol. The average Bonchev–Trinajstić information content (AvgIpc) is 3.46. The zero-order valence-electron chi connectivity index (χ0n) is 17.8. The van der Waals surface area contributed by atoms with Crippen LogP contribution in [-0.2, 0) is 9.59 Å². The van der Waals surface area contributed by atoms with Gasteiger partial charge in [0, 0.05) is 25.6 Å². The summed E-state index contributed by atoms with van der Waals surface area (Å²) < 4.78 is 0. The Morgan fingerprint density at radius 2 is 1.61 bits per heavy atom. The minimum atomic E-state index is -0.0454. The van der Waals surface area contributed by atoms with Crippen LogP contribution in [0.25, 0.3) is 0 Å². The third-order valence-electron chi connectivity index (χ3n) is 8.17. The number of likely N-dealkylation sites (tertiary alicyclic amines) is 2. The van der Waals surface area contributed by atoms with Crippen molar-refractivity contribution in [2.45, 2.75) is 83.6 Å². The molecule has 2 heterocycles. The topological polar surface area (TPSA) is 52.7 Å². The van der Waals surface area contributed by atoms with Crippen LogP contribution in [0.1, 0.15) is 77.6 Å². The third kappa shape index (κ3) is 4.39. The zero-order valence-corrected chi connectivity index (χ0v) is 17.8. The molecule has 28 heavy (non-hydrogen) atoms. The first-order valence-corrected chi connectivity index (χ1v) is 11.9. The van der Waals surface area contributed by atoms with Crippen LogP contribution in [0, 0.1) is 17.3 Å². The van der Waals surface area contributed by atoms with Gasteiger partial charge < -0.3 is 10.2 Å². The second kappa shape index (κ2) is 8.73. The number of hydrogen-bond acceptors (Lipinski definition) is 3. The Morgan fingerprint density at radius 3 is 2.29 bits per heavy atom. The fourth-order valence-corrected chi connectivity index (χ4v) is 5.89. The van der Waals surface area contributed by atoms with Crippen molar-refractivity contribution in [2.24, 2.45) is 17.3 Å². The molecule has 2 aliphatic carbocycles. The van der Waals surface area contributed by atoms with E-state index in [4.69, 9.17) is 0 Å². The van der Waals surface area contributed by atoms with Crippen LogP contribution in [-0.4, -0.2) is 60.4 Å². The monoisotopic (exact) mass is 389 g/mol. The molecule has 1 N–H and O–H groups in total. The molecule has 0 aromatic carbocycles. The molecule has 0 aromatic rings. The minimum Gasteiger partial charge on any atom is -0.354 e. The molecule has 5 heteroatoms. The molecule has 5 nitrogen and oxygen atoms in total. The van der Waals surface area contributed by atoms with Gasteiger partial charge in [-0.2, -0.15) is 0 Å². The summed E-state index contributed by atoms with van der Waals surface area (Å²) in [4.78, 5) is 29.9. The molecule has 0 aromatic heterocycles. The lowest BCUT2D eigenvalue weighted by molar-refractivity contribution is -0.135. The first kappa shape index (κ1) is 20.2. The van der Waals surface area contributed by atoms with E-state index in [1.807, 2.05) is 0 Å². The molecule has 4 fully saturated rings. The smallest absolute Gasteiger partial charge is 0.237 e. The number of rotatable bonds is 5. The lowest BCUT2D eigenvalue weighted by Gasteiger charge is -2.37. The molecule has 4 aliphatic rings. The standard InChI is InChI=1S/C23H39N3O2/c1-18(21(27)24-17-19-8-4-2-5-9-19)25-14-10-23(11-15-25)16-20(23)22(28)26-12-6-3-7-13-26/h18-20H,2-17H2,1H3,(H,24,27). The van der Waals surface area contributed by atoms with Gasteiger partial charge in [0.1, 0.15) is 0 Å². The molecule has 0 radical (unpaired) electrons. The van der Waals surface area contributed by atoms with Crippen LogP contribution in [0.5, 0.6) is 0 Å². The van der Waals surface area contributed by atoms with E-state index in [1.54, 1.807) is 0 Å². The summed E-state index contributed by atoms with van der Waals surface area (Å²) in [5, 5.41) is 3.21. The number of carbonyl (C=O) groups is 2. The van der Waals surface area contributed by atoms with E-state index in [2.05, 4.69) is 22.0 Å². The highest BCUT2D eigenvalue weighted by Crippen LogP contribution is 2.60. The first-order valence-electron chi connectivity index (χ1n) is 11.9. The van der Waals surface area contributed by atoms with Crippen molar-refractivity contribution in [3.63, 3.8) is 0 Å². The van der Waals surface area contributed by atoms with E-state index in [0.29, 0.717) is 11.8 Å². The summed E-state index contributed by atoms with van der Waals surface area (Å²) in [7, 11) is 0. The molecular weight excluding hydrogens is 350 g/mol. The minimum absolute atomic E-state index is 0.0454. The Bertz CT molecular complexity index is 558. The number of carbonyl (C=O) groups excluding carboxylic acids is 2. The van der Waals surface area contributed by atoms with Crippen molar-refractivity contribution in [1.82, 2.24) is 15.1 Å². The number of piperidine rings is 2. The SMILES string of the molecule is CC(C(=O)NCC1CCCCC1)N1CCC2(CC1)CC2C(=O)N1CCCCC1. The fourth-order valence-electron chi connectivity index (χ4n) is 5.89. The van der Waals surface area contributed by atoms with Gasteiger partial charge in [0.2, 0.25) is 11.8 Å². The maximum absolute atomic E-state index is 12.8. The molecular formula is C23H39N3O2. The fraction of sp³-hybridized carbons (Fsp3) is 0.913. The molecule has 2 saturated carbocycles. The highest BCUT2D eigenvalue weighted by Gasteiger charge is 2.59. The Hall–Kier alpha value is -1.10. The van der Waals surface area contributed by atoms with Crippen molar-refractivity contribution in [3.8, 4) is 0 Å². The summed E-state index contributed by atoms with van der Waals surface area (Å²) in [5.74, 6) is 1.57. The van der Waals surface area contributed by atoms with Crippen LogP contribution in [0.4, 0.5) is 0 Å². The predicted octanol–water partition coefficient (Wildman–Crippen LogP) is 3.19. The highest BCUT2D eigenvalue weighted by molar-refractivity contribution is 5.83. The van der Waals surface area contributed by atoms with Gasteiger partial charge in [-0.25, -0.2) is 0 Å². The molecule has 2 amide bonds. The first-order chi connectivity index (χ1) is 13.6. The number of nitrogens with one attached hydrogen (secondary N) is 1. The lowest BCUT2D eigenvalue weighted by Crippen LogP contribution is -2.49. The molecule has 158 valence electrons. The van der Waals surface area contributed by atoms with Gasteiger partial charge in [0.15, 0.2) is 0 Å². The van der Waals surface area contributed by atoms with Gasteiger partial charge in [-0.1, -0.05) is 19.3 Å². The number of amides is 2. The van der Waals surface area contributed by atoms with Gasteiger partial charge >= 0.3 is 0 Å². The highest BCUT2D eigenvalue weighted by atomic mass is 16.2. The van der Waals surface area contributed by atoms with Gasteiger partial charge in [-0.05, 0) is 82.7 Å². The maximum Gasteiger partial charge on any atom is 0.237 e. The Balaban J connectivity index is 1.20. The van der Waals surface area contributed by atoms with Crippen LogP contribution in [0.3, 0.4) is 0 Å². The van der Waals surface area contributed by atoms with E-state index in [0.717, 1.165) is 52.0 Å². The van der Waals surface area contributed by atoms with Crippen molar-refractivity contribution in [1.29, 1.82) is 0 Å². The normalized spacial score (nSPS) is 29.5. The van der Waals surface area contributed by atoms with Crippen molar-refractivity contribution >= 4 is 11.8 Å². The molecule has 1 spiro atoms. The molecule has 2 saturated heterocycles. The summed E-state index contributed by atoms with van der Waals surface area (Å²) in [6.45, 7) is 6.76. The van der Waals surface area contributed by atoms with E-state index < -0.39 is 0 Å². The van der Waals surface area contributed by atoms with Crippen LogP contribution in [0.2, 0.25) is 0 Å². The lowest BCUT2D eigenvalue weighted by atomic mass is 9.89. The quantitative estimate of drug-likeness (QED) is 0.786. The summed E-state index contributed by atoms with van der Waals surface area (Å²) in [6.07, 6.45) is 13.4. The van der Waals surface area contributed by atoms with Gasteiger partial charge in [-0.15, -0.1) is 0 Å². The van der Waals surface area contributed by atoms with E-state index in [9.17, 15) is 9.59 Å². The van der Waals surface area contributed by atoms with Gasteiger partial charge in [0.05, 0.1) is 6.04 Å². The Labute approximate surface area is 170 Å². The maximum atomic E-state index is 12.8. The van der Waals surface area contributed by atoms with Crippen LogP contribution in [0.15, 0.2) is 0 Å². The summed E-state index contributed by atoms with van der Waals surface area (Å²) in [6, 6.07) is -0.0454. The van der Waals surface area contributed by atoms with E-state index in [-0.39, 0.29) is 23.3 Å². The van der Waals surface area contributed by atoms with E-state index >= 15 is 0 Å². The molecule has 2 unspecified atom stereocenters. The third-order valence-corrected chi connectivity index (χ3v) is 8.17. The summed E-state index contributed by atoms with van der Waals surface area (Å²) >= 11 is 0. The molecule has 4 rings (SSSR count). The second-order valence-corrected chi connectivity index (χ2v) is 9.97. The Kier molecular flexibility index (Phi) is 6.29.